The van der Waals surface area contributed by atoms with Gasteiger partial charge in [0.15, 0.2) is 0 Å². The lowest BCUT2D eigenvalue weighted by Gasteiger charge is -2.13. The second-order valence-electron chi connectivity index (χ2n) is 6.13. The molecule has 26 heavy (non-hydrogen) atoms. The third-order valence-electron chi connectivity index (χ3n) is 3.85. The average Bonchev–Trinajstić information content (AvgIpc) is 2.96. The molecule has 3 aromatic rings. The van der Waals surface area contributed by atoms with Crippen molar-refractivity contribution < 1.29 is 13.6 Å². The number of benzene rings is 2. The van der Waals surface area contributed by atoms with Crippen LogP contribution in [0.3, 0.4) is 0 Å². The number of aromatic nitrogens is 2. The fourth-order valence-electron chi connectivity index (χ4n) is 2.56. The number of amides is 1. The summed E-state index contributed by atoms with van der Waals surface area (Å²) in [4.78, 5) is 24.2. The predicted molar refractivity (Wildman–Crippen MR) is 95.3 cm³/mol. The van der Waals surface area contributed by atoms with Crippen LogP contribution in [0, 0.1) is 5.82 Å². The molecule has 0 aliphatic carbocycles. The summed E-state index contributed by atoms with van der Waals surface area (Å²) >= 11 is 0. The van der Waals surface area contributed by atoms with Gasteiger partial charge in [0.2, 0.25) is 11.8 Å². The summed E-state index contributed by atoms with van der Waals surface area (Å²) in [5, 5.41) is 6.80. The molecule has 2 aromatic carbocycles. The van der Waals surface area contributed by atoms with Crippen LogP contribution in [0.1, 0.15) is 25.3 Å². The highest BCUT2D eigenvalue weighted by Crippen LogP contribution is 2.23. The van der Waals surface area contributed by atoms with E-state index in [-0.39, 0.29) is 24.3 Å². The Morgan fingerprint density at radius 2 is 1.88 bits per heavy atom. The van der Waals surface area contributed by atoms with Crippen molar-refractivity contribution >= 4 is 11.6 Å². The molecular weight excluding hydrogens is 337 g/mol. The van der Waals surface area contributed by atoms with E-state index in [2.05, 4.69) is 10.4 Å². The van der Waals surface area contributed by atoms with Crippen LogP contribution in [0.25, 0.3) is 11.5 Å². The standard InChI is InChI=1S/C19H18FN3O3/c1-12(2)15-5-3-4-6-16(15)21-17(24)11-23-19(25)26-18(22-23)13-7-9-14(20)10-8-13/h3-10,12H,11H2,1-2H3,(H,21,24). The van der Waals surface area contributed by atoms with E-state index >= 15 is 0 Å². The number of nitrogens with one attached hydrogen (secondary N) is 1. The number of rotatable bonds is 5. The van der Waals surface area contributed by atoms with Crippen molar-refractivity contribution in [2.24, 2.45) is 0 Å². The fourth-order valence-corrected chi connectivity index (χ4v) is 2.56. The van der Waals surface area contributed by atoms with E-state index in [1.165, 1.54) is 24.3 Å². The van der Waals surface area contributed by atoms with E-state index in [9.17, 15) is 14.0 Å². The lowest BCUT2D eigenvalue weighted by Crippen LogP contribution is -2.26. The maximum absolute atomic E-state index is 13.0. The van der Waals surface area contributed by atoms with Crippen LogP contribution in [0.15, 0.2) is 57.7 Å². The van der Waals surface area contributed by atoms with Crippen molar-refractivity contribution in [2.45, 2.75) is 26.3 Å². The Morgan fingerprint density at radius 3 is 2.58 bits per heavy atom. The van der Waals surface area contributed by atoms with Crippen molar-refractivity contribution in [1.82, 2.24) is 9.78 Å². The van der Waals surface area contributed by atoms with Crippen LogP contribution in [0.5, 0.6) is 0 Å². The minimum absolute atomic E-state index is 0.0328. The van der Waals surface area contributed by atoms with Crippen LogP contribution in [0.2, 0.25) is 0 Å². The largest absolute Gasteiger partial charge is 0.437 e. The summed E-state index contributed by atoms with van der Waals surface area (Å²) < 4.78 is 19.0. The monoisotopic (exact) mass is 355 g/mol. The van der Waals surface area contributed by atoms with Gasteiger partial charge in [0.1, 0.15) is 12.4 Å². The van der Waals surface area contributed by atoms with Crippen LogP contribution >= 0.6 is 0 Å². The molecule has 7 heteroatoms. The number of hydrogen-bond donors (Lipinski definition) is 1. The van der Waals surface area contributed by atoms with Gasteiger partial charge >= 0.3 is 5.76 Å². The molecule has 1 N–H and O–H groups in total. The highest BCUT2D eigenvalue weighted by molar-refractivity contribution is 5.91. The van der Waals surface area contributed by atoms with Crippen molar-refractivity contribution in [2.75, 3.05) is 5.32 Å². The molecule has 6 nitrogen and oxygen atoms in total. The number of halogens is 1. The average molecular weight is 355 g/mol. The quantitative estimate of drug-likeness (QED) is 0.761. The lowest BCUT2D eigenvalue weighted by atomic mass is 10.0. The summed E-state index contributed by atoms with van der Waals surface area (Å²) in [6.07, 6.45) is 0. The maximum Gasteiger partial charge on any atom is 0.437 e. The number of carbonyl (C=O) groups is 1. The first kappa shape index (κ1) is 17.6. The number of hydrogen-bond acceptors (Lipinski definition) is 4. The van der Waals surface area contributed by atoms with Gasteiger partial charge in [0.05, 0.1) is 0 Å². The number of anilines is 1. The van der Waals surface area contributed by atoms with E-state index in [4.69, 9.17) is 4.42 Å². The maximum atomic E-state index is 13.0. The summed E-state index contributed by atoms with van der Waals surface area (Å²) in [6, 6.07) is 12.9. The Kier molecular flexibility index (Phi) is 4.97. The minimum atomic E-state index is -0.753. The summed E-state index contributed by atoms with van der Waals surface area (Å²) in [5.41, 5.74) is 2.15. The van der Waals surface area contributed by atoms with Crippen molar-refractivity contribution in [1.29, 1.82) is 0 Å². The zero-order chi connectivity index (χ0) is 18.7. The molecule has 0 saturated heterocycles. The van der Waals surface area contributed by atoms with Gasteiger partial charge < -0.3 is 9.73 Å². The Hall–Kier alpha value is -3.22. The molecule has 0 spiro atoms. The minimum Gasteiger partial charge on any atom is -0.388 e. The van der Waals surface area contributed by atoms with Crippen LogP contribution in [0.4, 0.5) is 10.1 Å². The lowest BCUT2D eigenvalue weighted by molar-refractivity contribution is -0.117. The van der Waals surface area contributed by atoms with Gasteiger partial charge in [-0.2, -0.15) is 4.68 Å². The van der Waals surface area contributed by atoms with E-state index in [1.807, 2.05) is 38.1 Å². The predicted octanol–water partition coefficient (Wildman–Crippen LogP) is 3.40. The van der Waals surface area contributed by atoms with Crippen molar-refractivity contribution in [3.8, 4) is 11.5 Å². The Labute approximate surface area is 149 Å². The Bertz CT molecular complexity index is 974. The zero-order valence-electron chi connectivity index (χ0n) is 14.4. The van der Waals surface area contributed by atoms with E-state index in [1.54, 1.807) is 0 Å². The van der Waals surface area contributed by atoms with E-state index < -0.39 is 11.6 Å². The number of carbonyl (C=O) groups excluding carboxylic acids is 1. The second-order valence-corrected chi connectivity index (χ2v) is 6.13. The molecule has 0 atom stereocenters. The third-order valence-corrected chi connectivity index (χ3v) is 3.85. The highest BCUT2D eigenvalue weighted by Gasteiger charge is 2.15. The molecule has 0 radical (unpaired) electrons. The molecule has 1 amide bonds. The molecule has 0 aliphatic heterocycles. The molecule has 134 valence electrons. The molecule has 1 aromatic heterocycles. The molecule has 1 heterocycles. The zero-order valence-corrected chi connectivity index (χ0v) is 14.4. The van der Waals surface area contributed by atoms with Gasteiger partial charge in [-0.05, 0) is 41.8 Å². The van der Waals surface area contributed by atoms with E-state index in [0.717, 1.165) is 10.2 Å². The van der Waals surface area contributed by atoms with Crippen LogP contribution in [-0.2, 0) is 11.3 Å². The first-order chi connectivity index (χ1) is 12.4. The van der Waals surface area contributed by atoms with Gasteiger partial charge in [-0.3, -0.25) is 4.79 Å². The Balaban J connectivity index is 1.76. The summed E-state index contributed by atoms with van der Waals surface area (Å²) in [5.74, 6) is -1.27. The van der Waals surface area contributed by atoms with Crippen molar-refractivity contribution in [3.05, 3.63) is 70.5 Å². The molecule has 0 bridgehead atoms. The second kappa shape index (κ2) is 7.35. The fraction of sp³-hybridized carbons (Fsp3) is 0.211. The SMILES string of the molecule is CC(C)c1ccccc1NC(=O)Cn1nc(-c2ccc(F)cc2)oc1=O. The molecule has 0 saturated carbocycles. The summed E-state index contributed by atoms with van der Waals surface area (Å²) in [7, 11) is 0. The van der Waals surface area contributed by atoms with Crippen LogP contribution < -0.4 is 11.1 Å². The van der Waals surface area contributed by atoms with Gasteiger partial charge in [-0.25, -0.2) is 9.18 Å². The van der Waals surface area contributed by atoms with E-state index in [0.29, 0.717) is 11.3 Å². The highest BCUT2D eigenvalue weighted by atomic mass is 19.1. The first-order valence-corrected chi connectivity index (χ1v) is 8.16. The smallest absolute Gasteiger partial charge is 0.388 e. The molecule has 0 aliphatic rings. The van der Waals surface area contributed by atoms with Gasteiger partial charge in [-0.15, -0.1) is 5.10 Å². The topological polar surface area (TPSA) is 77.1 Å². The molecule has 3 rings (SSSR count). The van der Waals surface area contributed by atoms with Gasteiger partial charge in [0, 0.05) is 11.3 Å². The molecule has 0 fully saturated rings. The molecular formula is C19H18FN3O3. The van der Waals surface area contributed by atoms with Gasteiger partial charge in [-0.1, -0.05) is 32.0 Å². The van der Waals surface area contributed by atoms with Gasteiger partial charge in [0.25, 0.3) is 0 Å². The Morgan fingerprint density at radius 1 is 1.19 bits per heavy atom. The third kappa shape index (κ3) is 3.88. The summed E-state index contributed by atoms with van der Waals surface area (Å²) in [6.45, 7) is 3.78. The first-order valence-electron chi connectivity index (χ1n) is 8.16. The number of para-hydroxylation sites is 1. The normalized spacial score (nSPS) is 10.9. The van der Waals surface area contributed by atoms with Crippen molar-refractivity contribution in [3.63, 3.8) is 0 Å². The van der Waals surface area contributed by atoms with Crippen LogP contribution in [-0.4, -0.2) is 15.7 Å². The molecule has 0 unspecified atom stereocenters. The number of nitrogens with zero attached hydrogens (tertiary/aromatic N) is 2.